The first kappa shape index (κ1) is 23.7. The third-order valence-electron chi connectivity index (χ3n) is 4.15. The lowest BCUT2D eigenvalue weighted by Crippen LogP contribution is -2.43. The third kappa shape index (κ3) is 8.05. The van der Waals surface area contributed by atoms with Gasteiger partial charge >= 0.3 is 5.97 Å². The topological polar surface area (TPSA) is 84.5 Å². The molecule has 0 saturated carbocycles. The molecule has 0 radical (unpaired) electrons. The molecule has 0 saturated heterocycles. The van der Waals surface area contributed by atoms with Crippen LogP contribution in [0.5, 0.6) is 0 Å². The third-order valence-corrected chi connectivity index (χ3v) is 4.66. The number of hydrogen-bond acceptors (Lipinski definition) is 4. The lowest BCUT2D eigenvalue weighted by molar-refractivity contribution is -0.150. The Morgan fingerprint density at radius 2 is 1.50 bits per heavy atom. The van der Waals surface area contributed by atoms with Crippen molar-refractivity contribution in [2.75, 3.05) is 6.61 Å². The lowest BCUT2D eigenvalue weighted by atomic mass is 10.0. The molecule has 0 aliphatic carbocycles. The van der Waals surface area contributed by atoms with Crippen LogP contribution in [0.2, 0.25) is 10.0 Å². The van der Waals surface area contributed by atoms with Gasteiger partial charge in [-0.25, -0.2) is 4.79 Å². The molecule has 6 nitrogen and oxygen atoms in total. The van der Waals surface area contributed by atoms with E-state index in [1.165, 1.54) is 0 Å². The Hall–Kier alpha value is -2.57. The maximum absolute atomic E-state index is 12.5. The number of amides is 2. The Kier molecular flexibility index (Phi) is 9.15. The normalized spacial score (nSPS) is 11.6. The Bertz CT molecular complexity index is 868. The first-order valence-electron chi connectivity index (χ1n) is 9.49. The highest BCUT2D eigenvalue weighted by Gasteiger charge is 2.24. The first-order chi connectivity index (χ1) is 14.2. The standard InChI is InChI=1S/C22H24Cl2N2O4/c1-14(2)11-19(26-21(28)16-5-9-18(24)10-6-16)22(29)30-13-20(27)25-12-15-3-7-17(23)8-4-15/h3-10,14,19H,11-13H2,1-2H3,(H,25,27)(H,26,28)/t19-/m0/s1. The Balaban J connectivity index is 1.87. The van der Waals surface area contributed by atoms with E-state index < -0.39 is 30.4 Å². The van der Waals surface area contributed by atoms with Crippen LogP contribution in [-0.2, 0) is 20.9 Å². The maximum Gasteiger partial charge on any atom is 0.329 e. The van der Waals surface area contributed by atoms with Gasteiger partial charge in [0, 0.05) is 22.2 Å². The van der Waals surface area contributed by atoms with E-state index >= 15 is 0 Å². The number of carbonyl (C=O) groups is 3. The second-order valence-electron chi connectivity index (χ2n) is 7.17. The van der Waals surface area contributed by atoms with Crippen LogP contribution in [-0.4, -0.2) is 30.4 Å². The largest absolute Gasteiger partial charge is 0.454 e. The number of esters is 1. The van der Waals surface area contributed by atoms with Crippen molar-refractivity contribution in [1.82, 2.24) is 10.6 Å². The average Bonchev–Trinajstić information content (AvgIpc) is 2.71. The number of ether oxygens (including phenoxy) is 1. The van der Waals surface area contributed by atoms with Crippen LogP contribution >= 0.6 is 23.2 Å². The summed E-state index contributed by atoms with van der Waals surface area (Å²) in [6.45, 7) is 3.70. The van der Waals surface area contributed by atoms with E-state index in [-0.39, 0.29) is 12.5 Å². The molecule has 0 unspecified atom stereocenters. The van der Waals surface area contributed by atoms with Crippen LogP contribution < -0.4 is 10.6 Å². The minimum absolute atomic E-state index is 0.131. The number of halogens is 2. The van der Waals surface area contributed by atoms with Crippen LogP contribution in [0.1, 0.15) is 36.2 Å². The molecule has 0 spiro atoms. The second kappa shape index (κ2) is 11.6. The van der Waals surface area contributed by atoms with Gasteiger partial charge in [0.2, 0.25) is 0 Å². The SMILES string of the molecule is CC(C)C[C@H](NC(=O)c1ccc(Cl)cc1)C(=O)OCC(=O)NCc1ccc(Cl)cc1. The molecule has 1 atom stereocenters. The van der Waals surface area contributed by atoms with Gasteiger partial charge in [-0.05, 0) is 54.3 Å². The molecule has 0 aliphatic rings. The fourth-order valence-electron chi connectivity index (χ4n) is 2.62. The summed E-state index contributed by atoms with van der Waals surface area (Å²) >= 11 is 11.7. The van der Waals surface area contributed by atoms with Crippen LogP contribution in [0.25, 0.3) is 0 Å². The van der Waals surface area contributed by atoms with E-state index in [4.69, 9.17) is 27.9 Å². The zero-order valence-electron chi connectivity index (χ0n) is 16.8. The monoisotopic (exact) mass is 450 g/mol. The van der Waals surface area contributed by atoms with Crippen molar-refractivity contribution in [1.29, 1.82) is 0 Å². The van der Waals surface area contributed by atoms with E-state index in [9.17, 15) is 14.4 Å². The average molecular weight is 451 g/mol. The zero-order chi connectivity index (χ0) is 22.1. The number of nitrogens with one attached hydrogen (secondary N) is 2. The summed E-state index contributed by atoms with van der Waals surface area (Å²) in [7, 11) is 0. The van der Waals surface area contributed by atoms with Crippen molar-refractivity contribution in [2.24, 2.45) is 5.92 Å². The molecule has 2 aromatic rings. The molecule has 0 heterocycles. The molecule has 0 aromatic heterocycles. The number of carbonyl (C=O) groups excluding carboxylic acids is 3. The fraction of sp³-hybridized carbons (Fsp3) is 0.318. The van der Waals surface area contributed by atoms with E-state index in [1.807, 2.05) is 13.8 Å². The smallest absolute Gasteiger partial charge is 0.329 e. The highest BCUT2D eigenvalue weighted by Crippen LogP contribution is 2.12. The van der Waals surface area contributed by atoms with Crippen molar-refractivity contribution < 1.29 is 19.1 Å². The zero-order valence-corrected chi connectivity index (χ0v) is 18.3. The van der Waals surface area contributed by atoms with Gasteiger partial charge in [-0.15, -0.1) is 0 Å². The molecule has 160 valence electrons. The summed E-state index contributed by atoms with van der Waals surface area (Å²) in [6.07, 6.45) is 0.380. The van der Waals surface area contributed by atoms with Gasteiger partial charge in [0.25, 0.3) is 11.8 Å². The summed E-state index contributed by atoms with van der Waals surface area (Å²) in [5, 5.41) is 6.45. The maximum atomic E-state index is 12.5. The summed E-state index contributed by atoms with van der Waals surface area (Å²) in [5.74, 6) is -1.38. The summed E-state index contributed by atoms with van der Waals surface area (Å²) < 4.78 is 5.12. The van der Waals surface area contributed by atoms with Crippen LogP contribution in [0.15, 0.2) is 48.5 Å². The molecule has 0 bridgehead atoms. The van der Waals surface area contributed by atoms with Gasteiger partial charge in [-0.1, -0.05) is 49.2 Å². The highest BCUT2D eigenvalue weighted by atomic mass is 35.5. The second-order valence-corrected chi connectivity index (χ2v) is 8.05. The minimum atomic E-state index is -0.864. The van der Waals surface area contributed by atoms with Crippen LogP contribution in [0.3, 0.4) is 0 Å². The Morgan fingerprint density at radius 3 is 2.07 bits per heavy atom. The van der Waals surface area contributed by atoms with Crippen LogP contribution in [0, 0.1) is 5.92 Å². The van der Waals surface area contributed by atoms with Gasteiger partial charge in [0.15, 0.2) is 6.61 Å². The molecule has 0 aliphatic heterocycles. The van der Waals surface area contributed by atoms with Gasteiger partial charge in [0.05, 0.1) is 0 Å². The number of rotatable bonds is 9. The summed E-state index contributed by atoms with van der Waals surface area (Å²) in [5.41, 5.74) is 1.24. The van der Waals surface area contributed by atoms with E-state index in [0.29, 0.717) is 22.0 Å². The van der Waals surface area contributed by atoms with E-state index in [0.717, 1.165) is 5.56 Å². The summed E-state index contributed by atoms with van der Waals surface area (Å²) in [6, 6.07) is 12.5. The fourth-order valence-corrected chi connectivity index (χ4v) is 2.87. The number of hydrogen-bond donors (Lipinski definition) is 2. The van der Waals surface area contributed by atoms with Crippen LogP contribution in [0.4, 0.5) is 0 Å². The van der Waals surface area contributed by atoms with E-state index in [2.05, 4.69) is 10.6 Å². The first-order valence-corrected chi connectivity index (χ1v) is 10.2. The molecule has 2 aromatic carbocycles. The predicted octanol–water partition coefficient (Wildman–Crippen LogP) is 4.00. The Morgan fingerprint density at radius 1 is 0.933 bits per heavy atom. The molecule has 2 amide bonds. The summed E-state index contributed by atoms with van der Waals surface area (Å²) in [4.78, 5) is 36.9. The molecular weight excluding hydrogens is 427 g/mol. The number of benzene rings is 2. The predicted molar refractivity (Wildman–Crippen MR) is 116 cm³/mol. The van der Waals surface area contributed by atoms with Gasteiger partial charge in [-0.2, -0.15) is 0 Å². The molecule has 30 heavy (non-hydrogen) atoms. The van der Waals surface area contributed by atoms with Crippen molar-refractivity contribution in [2.45, 2.75) is 32.9 Å². The highest BCUT2D eigenvalue weighted by molar-refractivity contribution is 6.30. The molecule has 2 rings (SSSR count). The molecular formula is C22H24Cl2N2O4. The van der Waals surface area contributed by atoms with Crippen molar-refractivity contribution in [3.05, 3.63) is 69.7 Å². The van der Waals surface area contributed by atoms with Crippen molar-refractivity contribution in [3.8, 4) is 0 Å². The van der Waals surface area contributed by atoms with Gasteiger partial charge in [0.1, 0.15) is 6.04 Å². The van der Waals surface area contributed by atoms with Gasteiger partial charge < -0.3 is 15.4 Å². The minimum Gasteiger partial charge on any atom is -0.454 e. The quantitative estimate of drug-likeness (QED) is 0.565. The molecule has 8 heteroatoms. The van der Waals surface area contributed by atoms with Crippen molar-refractivity contribution >= 4 is 41.0 Å². The Labute approximate surface area is 185 Å². The molecule has 2 N–H and O–H groups in total. The van der Waals surface area contributed by atoms with Gasteiger partial charge in [-0.3, -0.25) is 9.59 Å². The van der Waals surface area contributed by atoms with Crippen molar-refractivity contribution in [3.63, 3.8) is 0 Å². The van der Waals surface area contributed by atoms with E-state index in [1.54, 1.807) is 48.5 Å². The lowest BCUT2D eigenvalue weighted by Gasteiger charge is -2.19. The molecule has 0 fully saturated rings.